The summed E-state index contributed by atoms with van der Waals surface area (Å²) >= 11 is 6.02. The number of hydrogen-bond acceptors (Lipinski definition) is 4. The second kappa shape index (κ2) is 7.41. The Morgan fingerprint density at radius 3 is 2.26 bits per heavy atom. The Kier molecular flexibility index (Phi) is 4.69. The van der Waals surface area contributed by atoms with E-state index < -0.39 is 11.7 Å². The maximum Gasteiger partial charge on any atom is 0.336 e. The van der Waals surface area contributed by atoms with Gasteiger partial charge in [0.1, 0.15) is 23.0 Å². The topological polar surface area (TPSA) is 63.6 Å². The molecule has 0 amide bonds. The second-order valence-corrected chi connectivity index (χ2v) is 8.10. The number of aliphatic hydroxyl groups is 1. The molecule has 2 aromatic heterocycles. The van der Waals surface area contributed by atoms with Gasteiger partial charge in [-0.15, -0.1) is 0 Å². The van der Waals surface area contributed by atoms with Gasteiger partial charge >= 0.3 is 5.63 Å². The van der Waals surface area contributed by atoms with Crippen molar-refractivity contribution in [2.24, 2.45) is 0 Å². The summed E-state index contributed by atoms with van der Waals surface area (Å²) in [5.41, 5.74) is 4.65. The van der Waals surface area contributed by atoms with Crippen LogP contribution in [0.1, 0.15) is 28.6 Å². The van der Waals surface area contributed by atoms with Crippen molar-refractivity contribution in [3.63, 3.8) is 0 Å². The quantitative estimate of drug-likeness (QED) is 0.329. The summed E-state index contributed by atoms with van der Waals surface area (Å²) in [6.07, 6.45) is -0.990. The molecule has 0 saturated carbocycles. The first-order valence-corrected chi connectivity index (χ1v) is 10.3. The SMILES string of the molecule is Cc1cc(=O)oc2c(C)c3oc([C@@H](O)c4ccc(Cl)cc4)c(-c4ccccc4)c3cc12. The summed E-state index contributed by atoms with van der Waals surface area (Å²) in [6, 6.07) is 20.3. The standard InChI is InChI=1S/C26H19ClO4/c1-14-12-21(28)30-24-15(2)25-20(13-19(14)24)22(16-6-4-3-5-7-16)26(31-25)23(29)17-8-10-18(27)11-9-17/h3-13,23,29H,1-2H3/t23-/m0/s1. The summed E-state index contributed by atoms with van der Waals surface area (Å²) < 4.78 is 11.8. The summed E-state index contributed by atoms with van der Waals surface area (Å²) in [5, 5.41) is 13.5. The van der Waals surface area contributed by atoms with Gasteiger partial charge in [0.2, 0.25) is 0 Å². The highest BCUT2D eigenvalue weighted by Crippen LogP contribution is 2.43. The molecule has 0 unspecified atom stereocenters. The lowest BCUT2D eigenvalue weighted by molar-refractivity contribution is 0.193. The van der Waals surface area contributed by atoms with Gasteiger partial charge in [0.15, 0.2) is 0 Å². The number of fused-ring (bicyclic) bond motifs is 2. The molecule has 0 bridgehead atoms. The minimum atomic E-state index is -0.990. The molecule has 0 spiro atoms. The Morgan fingerprint density at radius 2 is 1.55 bits per heavy atom. The zero-order valence-electron chi connectivity index (χ0n) is 17.0. The van der Waals surface area contributed by atoms with Crippen LogP contribution in [0.15, 0.2) is 80.4 Å². The Balaban J connectivity index is 1.87. The molecule has 0 aliphatic rings. The monoisotopic (exact) mass is 430 g/mol. The van der Waals surface area contributed by atoms with Crippen LogP contribution in [0.3, 0.4) is 0 Å². The fraction of sp³-hybridized carbons (Fsp3) is 0.115. The molecule has 0 aliphatic heterocycles. The van der Waals surface area contributed by atoms with Crippen molar-refractivity contribution in [2.45, 2.75) is 20.0 Å². The predicted octanol–water partition coefficient (Wildman–Crippen LogP) is 6.56. The average molecular weight is 431 g/mol. The minimum absolute atomic E-state index is 0.399. The van der Waals surface area contributed by atoms with Crippen LogP contribution in [-0.2, 0) is 0 Å². The molecule has 0 fully saturated rings. The smallest absolute Gasteiger partial charge is 0.336 e. The van der Waals surface area contributed by atoms with E-state index in [0.717, 1.165) is 33.0 Å². The zero-order chi connectivity index (χ0) is 21.7. The third-order valence-corrected chi connectivity index (χ3v) is 5.90. The van der Waals surface area contributed by atoms with E-state index in [1.165, 1.54) is 6.07 Å². The van der Waals surface area contributed by atoms with E-state index in [0.29, 0.717) is 27.5 Å². The molecule has 2 heterocycles. The van der Waals surface area contributed by atoms with Crippen LogP contribution < -0.4 is 5.63 Å². The molecule has 3 aromatic carbocycles. The molecule has 1 atom stereocenters. The maximum absolute atomic E-state index is 12.0. The van der Waals surface area contributed by atoms with Crippen molar-refractivity contribution < 1.29 is 13.9 Å². The lowest BCUT2D eigenvalue weighted by Gasteiger charge is -2.11. The number of hydrogen-bond donors (Lipinski definition) is 1. The summed E-state index contributed by atoms with van der Waals surface area (Å²) in [5.74, 6) is 0.432. The first-order chi connectivity index (χ1) is 14.9. The zero-order valence-corrected chi connectivity index (χ0v) is 17.7. The molecular formula is C26H19ClO4. The molecule has 4 nitrogen and oxygen atoms in total. The van der Waals surface area contributed by atoms with E-state index in [9.17, 15) is 9.90 Å². The van der Waals surface area contributed by atoms with Crippen LogP contribution in [-0.4, -0.2) is 5.11 Å². The van der Waals surface area contributed by atoms with Gasteiger partial charge < -0.3 is 13.9 Å². The number of aryl methyl sites for hydroxylation is 2. The van der Waals surface area contributed by atoms with E-state index >= 15 is 0 Å². The molecule has 0 saturated heterocycles. The third kappa shape index (κ3) is 3.25. The minimum Gasteiger partial charge on any atom is -0.457 e. The van der Waals surface area contributed by atoms with Crippen molar-refractivity contribution in [2.75, 3.05) is 0 Å². The van der Waals surface area contributed by atoms with E-state index in [2.05, 4.69) is 0 Å². The highest BCUT2D eigenvalue weighted by Gasteiger charge is 2.26. The van der Waals surface area contributed by atoms with Crippen molar-refractivity contribution in [3.05, 3.63) is 105 Å². The highest BCUT2D eigenvalue weighted by atomic mass is 35.5. The molecule has 1 N–H and O–H groups in total. The van der Waals surface area contributed by atoms with Gasteiger partial charge in [0, 0.05) is 33.0 Å². The van der Waals surface area contributed by atoms with Crippen LogP contribution in [0.25, 0.3) is 33.1 Å². The summed E-state index contributed by atoms with van der Waals surface area (Å²) in [4.78, 5) is 12.0. The van der Waals surface area contributed by atoms with Crippen molar-refractivity contribution in [3.8, 4) is 11.1 Å². The molecule has 0 aliphatic carbocycles. The third-order valence-electron chi connectivity index (χ3n) is 5.65. The number of halogens is 1. The number of furan rings is 1. The fourth-order valence-corrected chi connectivity index (χ4v) is 4.22. The molecule has 0 radical (unpaired) electrons. The highest BCUT2D eigenvalue weighted by molar-refractivity contribution is 6.30. The summed E-state index contributed by atoms with van der Waals surface area (Å²) in [6.45, 7) is 3.75. The van der Waals surface area contributed by atoms with E-state index in [-0.39, 0.29) is 0 Å². The van der Waals surface area contributed by atoms with Crippen LogP contribution in [0.5, 0.6) is 0 Å². The van der Waals surface area contributed by atoms with Crippen LogP contribution in [0.2, 0.25) is 5.02 Å². The van der Waals surface area contributed by atoms with Crippen LogP contribution >= 0.6 is 11.6 Å². The van der Waals surface area contributed by atoms with Crippen molar-refractivity contribution >= 4 is 33.5 Å². The van der Waals surface area contributed by atoms with Crippen LogP contribution in [0.4, 0.5) is 0 Å². The molecule has 154 valence electrons. The number of aliphatic hydroxyl groups excluding tert-OH is 1. The van der Waals surface area contributed by atoms with E-state index in [1.54, 1.807) is 24.3 Å². The van der Waals surface area contributed by atoms with Gasteiger partial charge in [-0.2, -0.15) is 0 Å². The van der Waals surface area contributed by atoms with Gasteiger partial charge in [-0.3, -0.25) is 0 Å². The van der Waals surface area contributed by atoms with Gasteiger partial charge in [0.05, 0.1) is 0 Å². The van der Waals surface area contributed by atoms with Crippen LogP contribution in [0, 0.1) is 13.8 Å². The second-order valence-electron chi connectivity index (χ2n) is 7.66. The average Bonchev–Trinajstić information content (AvgIpc) is 3.15. The molecular weight excluding hydrogens is 412 g/mol. The molecule has 5 heteroatoms. The number of benzene rings is 3. The first kappa shape index (κ1) is 19.6. The van der Waals surface area contributed by atoms with Gasteiger partial charge in [-0.05, 0) is 48.7 Å². The number of rotatable bonds is 3. The van der Waals surface area contributed by atoms with E-state index in [1.807, 2.05) is 50.2 Å². The largest absolute Gasteiger partial charge is 0.457 e. The Morgan fingerprint density at radius 1 is 0.871 bits per heavy atom. The molecule has 5 rings (SSSR count). The molecule has 31 heavy (non-hydrogen) atoms. The normalized spacial score (nSPS) is 12.5. The fourth-order valence-electron chi connectivity index (χ4n) is 4.09. The van der Waals surface area contributed by atoms with Gasteiger partial charge in [-0.1, -0.05) is 54.1 Å². The first-order valence-electron chi connectivity index (χ1n) is 9.93. The molecule has 5 aromatic rings. The van der Waals surface area contributed by atoms with Gasteiger partial charge in [-0.25, -0.2) is 4.79 Å². The van der Waals surface area contributed by atoms with E-state index in [4.69, 9.17) is 20.4 Å². The lowest BCUT2D eigenvalue weighted by atomic mass is 9.95. The summed E-state index contributed by atoms with van der Waals surface area (Å²) in [7, 11) is 0. The maximum atomic E-state index is 12.0. The predicted molar refractivity (Wildman–Crippen MR) is 123 cm³/mol. The Bertz CT molecular complexity index is 1480. The van der Waals surface area contributed by atoms with Crippen molar-refractivity contribution in [1.29, 1.82) is 0 Å². The van der Waals surface area contributed by atoms with Crippen molar-refractivity contribution in [1.82, 2.24) is 0 Å². The Labute approximate surface area is 183 Å². The van der Waals surface area contributed by atoms with Gasteiger partial charge in [0.25, 0.3) is 0 Å². The Hall–Kier alpha value is -3.34. The lowest BCUT2D eigenvalue weighted by Crippen LogP contribution is -1.99.